The van der Waals surface area contributed by atoms with Crippen LogP contribution in [-0.2, 0) is 53.9 Å². The predicted octanol–water partition coefficient (Wildman–Crippen LogP) is -8.42. The Balaban J connectivity index is 0.00000800. The molecule has 0 atom stereocenters. The molecule has 0 aliphatic rings. The average Bonchev–Trinajstić information content (AvgIpc) is 2.93. The molecule has 3 aromatic carbocycles. The number of azo groups is 1. The Morgan fingerprint density at radius 3 is 2.06 bits per heavy atom. The van der Waals surface area contributed by atoms with Crippen LogP contribution in [-0.4, -0.2) is 96.7 Å². The second kappa shape index (κ2) is 21.6. The van der Waals surface area contributed by atoms with E-state index in [-0.39, 0.29) is 179 Å². The Hall–Kier alpha value is 0.623. The molecule has 0 heterocycles. The van der Waals surface area contributed by atoms with Gasteiger partial charge in [0.05, 0.1) is 40.1 Å². The van der Waals surface area contributed by atoms with Gasteiger partial charge in [-0.25, -0.2) is 29.4 Å². The monoisotopic (exact) mass is 838 g/mol. The molecule has 0 unspecified atom stereocenters. The SMILES string of the molecule is CC(=O)Nc1ccc2cc(S(=O)(=O)[O-])c(N=Nc3cccc(S(=O)(=O)CCN(CCOS(=O)(=O)[O-])CCOS(=O)(=O)O)c3)c([O-])c2c1.[K+].[K+].[Na+]. The Morgan fingerprint density at radius 2 is 1.50 bits per heavy atom. The Bertz CT molecular complexity index is 2100. The molecule has 0 aromatic heterocycles. The molecule has 0 aliphatic carbocycles. The van der Waals surface area contributed by atoms with Crippen molar-refractivity contribution >= 4 is 74.5 Å². The number of rotatable bonds is 16. The third-order valence-electron chi connectivity index (χ3n) is 6.02. The first-order chi connectivity index (χ1) is 21.6. The number of hydrogen-bond acceptors (Lipinski definition) is 17. The Morgan fingerprint density at radius 1 is 0.880 bits per heavy atom. The molecule has 26 heteroatoms. The van der Waals surface area contributed by atoms with E-state index >= 15 is 0 Å². The van der Waals surface area contributed by atoms with Gasteiger partial charge in [-0.3, -0.25) is 18.4 Å². The summed E-state index contributed by atoms with van der Waals surface area (Å²) in [5, 5.41) is 23.0. The first-order valence-corrected chi connectivity index (χ1v) is 18.6. The number of anilines is 1. The molecule has 1 amide bonds. The summed E-state index contributed by atoms with van der Waals surface area (Å²) in [5.41, 5.74) is -0.835. The summed E-state index contributed by atoms with van der Waals surface area (Å²) in [6.07, 6.45) is 0. The van der Waals surface area contributed by atoms with Crippen LogP contribution in [0.3, 0.4) is 0 Å². The second-order valence-corrected chi connectivity index (χ2v) is 15.1. The summed E-state index contributed by atoms with van der Waals surface area (Å²) in [7, 11) is -19.3. The van der Waals surface area contributed by atoms with Crippen molar-refractivity contribution in [2.75, 3.05) is 43.9 Å². The van der Waals surface area contributed by atoms with Crippen molar-refractivity contribution in [1.82, 2.24) is 4.90 Å². The van der Waals surface area contributed by atoms with Crippen molar-refractivity contribution in [3.63, 3.8) is 0 Å². The summed E-state index contributed by atoms with van der Waals surface area (Å²) >= 11 is 0. The number of nitrogens with zero attached hydrogens (tertiary/aromatic N) is 3. The van der Waals surface area contributed by atoms with E-state index in [0.29, 0.717) is 0 Å². The molecule has 3 aromatic rings. The molecule has 0 bridgehead atoms. The number of benzene rings is 3. The first kappa shape index (κ1) is 50.6. The summed E-state index contributed by atoms with van der Waals surface area (Å²) in [4.78, 5) is 11.3. The van der Waals surface area contributed by atoms with Crippen molar-refractivity contribution in [2.45, 2.75) is 16.7 Å². The molecule has 19 nitrogen and oxygen atoms in total. The van der Waals surface area contributed by atoms with Gasteiger partial charge in [-0.2, -0.15) is 13.5 Å². The van der Waals surface area contributed by atoms with Gasteiger partial charge in [-0.15, -0.1) is 5.11 Å². The molecule has 50 heavy (non-hydrogen) atoms. The molecular weight excluding hydrogens is 814 g/mol. The van der Waals surface area contributed by atoms with Crippen molar-refractivity contribution in [2.24, 2.45) is 10.2 Å². The number of hydrogen-bond donors (Lipinski definition) is 2. The van der Waals surface area contributed by atoms with Gasteiger partial charge in [0.2, 0.25) is 16.3 Å². The number of amides is 1. The van der Waals surface area contributed by atoms with E-state index in [1.165, 1.54) is 48.2 Å². The normalized spacial score (nSPS) is 12.3. The minimum absolute atomic E-state index is 0. The maximum atomic E-state index is 13.2. The fraction of sp³-hybridized carbons (Fsp3) is 0.292. The predicted molar refractivity (Wildman–Crippen MR) is 158 cm³/mol. The van der Waals surface area contributed by atoms with E-state index in [0.717, 1.165) is 12.1 Å². The number of carbonyl (C=O) groups is 1. The van der Waals surface area contributed by atoms with Crippen LogP contribution >= 0.6 is 0 Å². The van der Waals surface area contributed by atoms with Crippen LogP contribution in [0.1, 0.15) is 6.92 Å². The minimum Gasteiger partial charge on any atom is -0.871 e. The van der Waals surface area contributed by atoms with Crippen LogP contribution in [0, 0.1) is 0 Å². The molecule has 0 radical (unpaired) electrons. The van der Waals surface area contributed by atoms with Crippen LogP contribution in [0.15, 0.2) is 68.6 Å². The van der Waals surface area contributed by atoms with E-state index in [1.807, 2.05) is 0 Å². The van der Waals surface area contributed by atoms with Gasteiger partial charge in [0.1, 0.15) is 10.1 Å². The van der Waals surface area contributed by atoms with Crippen molar-refractivity contribution in [3.8, 4) is 5.75 Å². The standard InChI is InChI=1S/C24H28N4O15S4.2K.Na/c1-16(29)25-18-6-5-17-13-22(45(33,34)35)23(24(30)21(17)15-18)27-26-19-3-2-4-20(14-19)44(31,32)12-9-28(7-10-42-46(36,37)38)8-11-43-47(39,40)41;;;/h2-6,13-15,30H,7-12H2,1H3,(H,25,29)(H,33,34,35)(H,36,37,38)(H,39,40,41);;;/q;3*+1/p-3. The number of fused-ring (bicyclic) bond motifs is 1. The third-order valence-corrected chi connectivity index (χ3v) is 9.48. The zero-order valence-corrected chi connectivity index (χ0v) is 38.5. The fourth-order valence-corrected chi connectivity index (χ4v) is 6.51. The maximum absolute atomic E-state index is 13.2. The van der Waals surface area contributed by atoms with Gasteiger partial charge in [0.15, 0.2) is 9.84 Å². The summed E-state index contributed by atoms with van der Waals surface area (Å²) in [5.74, 6) is -2.12. The van der Waals surface area contributed by atoms with Crippen LogP contribution in [0.25, 0.3) is 10.8 Å². The fourth-order valence-electron chi connectivity index (χ4n) is 3.98. The van der Waals surface area contributed by atoms with Crippen LogP contribution in [0.5, 0.6) is 5.75 Å². The molecule has 0 aliphatic heterocycles. The van der Waals surface area contributed by atoms with Gasteiger partial charge >= 0.3 is 143 Å². The largest absolute Gasteiger partial charge is 1.00 e. The molecule has 2 N–H and O–H groups in total. The van der Waals surface area contributed by atoms with Crippen molar-refractivity contribution < 1.29 is 198 Å². The zero-order chi connectivity index (χ0) is 35.2. The van der Waals surface area contributed by atoms with E-state index in [2.05, 4.69) is 23.9 Å². The Kier molecular flexibility index (Phi) is 21.9. The van der Waals surface area contributed by atoms with Crippen LogP contribution < -0.4 is 143 Å². The molecule has 258 valence electrons. The van der Waals surface area contributed by atoms with E-state index < -0.39 is 82.0 Å². The quantitative estimate of drug-likeness (QED) is 0.0586. The van der Waals surface area contributed by atoms with Gasteiger partial charge in [-0.05, 0) is 47.2 Å². The molecule has 0 saturated heterocycles. The zero-order valence-electron chi connectivity index (χ0n) is 27.0. The minimum atomic E-state index is -5.25. The summed E-state index contributed by atoms with van der Waals surface area (Å²) in [6, 6.07) is 9.54. The van der Waals surface area contributed by atoms with Gasteiger partial charge in [0.25, 0.3) is 0 Å². The smallest absolute Gasteiger partial charge is 0.871 e. The average molecular weight is 839 g/mol. The number of sulfone groups is 1. The third kappa shape index (κ3) is 17.0. The summed E-state index contributed by atoms with van der Waals surface area (Å²) in [6.45, 7) is -1.21. The molecular formula is C24H25K2N4NaO15S4. The molecule has 0 fully saturated rings. The van der Waals surface area contributed by atoms with Crippen LogP contribution in [0.2, 0.25) is 0 Å². The maximum Gasteiger partial charge on any atom is 1.00 e. The second-order valence-electron chi connectivity index (χ2n) is 9.46. The van der Waals surface area contributed by atoms with E-state index in [1.54, 1.807) is 0 Å². The van der Waals surface area contributed by atoms with Crippen molar-refractivity contribution in [3.05, 3.63) is 48.5 Å². The number of carbonyl (C=O) groups excluding carboxylic acids is 1. The summed E-state index contributed by atoms with van der Waals surface area (Å²) < 4.78 is 133. The topological polar surface area (TPSA) is 301 Å². The number of nitrogens with one attached hydrogen (secondary N) is 1. The van der Waals surface area contributed by atoms with Crippen molar-refractivity contribution in [1.29, 1.82) is 0 Å². The van der Waals surface area contributed by atoms with Gasteiger partial charge in [0, 0.05) is 32.2 Å². The molecule has 0 saturated carbocycles. The van der Waals surface area contributed by atoms with Crippen LogP contribution in [0.4, 0.5) is 17.1 Å². The molecule has 3 rings (SSSR count). The van der Waals surface area contributed by atoms with E-state index in [4.69, 9.17) is 4.55 Å². The molecule has 0 spiro atoms. The Labute approximate surface area is 395 Å². The van der Waals surface area contributed by atoms with Gasteiger partial charge in [-0.1, -0.05) is 17.9 Å². The van der Waals surface area contributed by atoms with E-state index in [9.17, 15) is 52.7 Å². The first-order valence-electron chi connectivity index (χ1n) is 12.8. The van der Waals surface area contributed by atoms with Gasteiger partial charge < -0.3 is 19.5 Å².